The van der Waals surface area contributed by atoms with Crippen LogP contribution in [-0.2, 0) is 4.79 Å². The molecule has 0 bridgehead atoms. The van der Waals surface area contributed by atoms with Gasteiger partial charge in [-0.15, -0.1) is 0 Å². The molecular weight excluding hydrogens is 224 g/mol. The number of anilines is 1. The molecule has 1 aromatic carbocycles. The summed E-state index contributed by atoms with van der Waals surface area (Å²) in [4.78, 5) is 10.3. The van der Waals surface area contributed by atoms with Crippen LogP contribution in [0.1, 0.15) is 31.2 Å². The summed E-state index contributed by atoms with van der Waals surface area (Å²) in [6, 6.07) is 7.99. The fourth-order valence-electron chi connectivity index (χ4n) is 1.79. The molecule has 0 fully saturated rings. The van der Waals surface area contributed by atoms with Crippen LogP contribution < -0.4 is 11.1 Å². The minimum atomic E-state index is 0.784. The van der Waals surface area contributed by atoms with Gasteiger partial charge in [-0.05, 0) is 43.2 Å². The second kappa shape index (κ2) is 9.42. The van der Waals surface area contributed by atoms with E-state index in [4.69, 9.17) is 5.73 Å². The summed E-state index contributed by atoms with van der Waals surface area (Å²) in [5.41, 5.74) is 7.57. The zero-order valence-corrected chi connectivity index (χ0v) is 10.8. The van der Waals surface area contributed by atoms with E-state index in [0.29, 0.717) is 0 Å². The monoisotopic (exact) mass is 246 g/mol. The number of nitrogens with two attached hydrogens (primary N) is 1. The number of hydrogen-bond donors (Lipinski definition) is 2. The number of para-hydroxylation sites is 1. The van der Waals surface area contributed by atoms with Crippen LogP contribution in [0.4, 0.5) is 5.69 Å². The van der Waals surface area contributed by atoms with Gasteiger partial charge in [0.2, 0.25) is 0 Å². The average molecular weight is 246 g/mol. The molecule has 0 unspecified atom stereocenters. The first-order valence-electron chi connectivity index (χ1n) is 6.53. The lowest BCUT2D eigenvalue weighted by molar-refractivity contribution is -0.104. The summed E-state index contributed by atoms with van der Waals surface area (Å²) in [6.45, 7) is 1.74. The smallest absolute Gasteiger partial charge is 0.142 e. The second-order valence-corrected chi connectivity index (χ2v) is 4.21. The topological polar surface area (TPSA) is 55.1 Å². The van der Waals surface area contributed by atoms with Gasteiger partial charge in [0.05, 0.1) is 0 Å². The molecule has 3 N–H and O–H groups in total. The largest absolute Gasteiger partial charge is 0.385 e. The van der Waals surface area contributed by atoms with E-state index in [-0.39, 0.29) is 0 Å². The van der Waals surface area contributed by atoms with Gasteiger partial charge in [0.1, 0.15) is 6.29 Å². The second-order valence-electron chi connectivity index (χ2n) is 4.21. The fraction of sp³-hybridized carbons (Fsp3) is 0.400. The van der Waals surface area contributed by atoms with Crippen molar-refractivity contribution in [2.24, 2.45) is 5.73 Å². The highest BCUT2D eigenvalue weighted by Gasteiger charge is 1.97. The summed E-state index contributed by atoms with van der Waals surface area (Å²) < 4.78 is 0. The molecule has 3 nitrogen and oxygen atoms in total. The minimum absolute atomic E-state index is 0.784. The summed E-state index contributed by atoms with van der Waals surface area (Å²) in [5, 5.41) is 3.40. The molecule has 1 rings (SSSR count). The Morgan fingerprint density at radius 3 is 2.67 bits per heavy atom. The first kappa shape index (κ1) is 14.5. The normalized spacial score (nSPS) is 10.7. The minimum Gasteiger partial charge on any atom is -0.385 e. The molecule has 0 saturated carbocycles. The number of rotatable bonds is 9. The Morgan fingerprint density at radius 1 is 1.11 bits per heavy atom. The first-order valence-corrected chi connectivity index (χ1v) is 6.53. The molecule has 0 aliphatic rings. The van der Waals surface area contributed by atoms with E-state index < -0.39 is 0 Å². The quantitative estimate of drug-likeness (QED) is 0.400. The highest BCUT2D eigenvalue weighted by Crippen LogP contribution is 2.16. The number of carbonyl (C=O) groups is 1. The highest BCUT2D eigenvalue weighted by atomic mass is 16.1. The Kier molecular flexibility index (Phi) is 7.57. The lowest BCUT2D eigenvalue weighted by atomic mass is 10.1. The van der Waals surface area contributed by atoms with Crippen LogP contribution in [0.15, 0.2) is 30.3 Å². The van der Waals surface area contributed by atoms with Crippen molar-refractivity contribution in [1.29, 1.82) is 0 Å². The summed E-state index contributed by atoms with van der Waals surface area (Å²) in [7, 11) is 0. The third-order valence-corrected chi connectivity index (χ3v) is 2.76. The summed E-state index contributed by atoms with van der Waals surface area (Å²) in [5.74, 6) is 0. The van der Waals surface area contributed by atoms with Crippen LogP contribution in [0.2, 0.25) is 0 Å². The molecule has 0 saturated heterocycles. The van der Waals surface area contributed by atoms with E-state index in [2.05, 4.69) is 5.32 Å². The molecule has 0 aliphatic carbocycles. The molecule has 3 heteroatoms. The van der Waals surface area contributed by atoms with Crippen LogP contribution in [-0.4, -0.2) is 19.4 Å². The lowest BCUT2D eigenvalue weighted by Crippen LogP contribution is -2.03. The van der Waals surface area contributed by atoms with Gasteiger partial charge in [-0.25, -0.2) is 0 Å². The Balaban J connectivity index is 2.37. The molecule has 0 heterocycles. The van der Waals surface area contributed by atoms with Crippen LogP contribution in [0.3, 0.4) is 0 Å². The van der Waals surface area contributed by atoms with Crippen molar-refractivity contribution >= 4 is 18.0 Å². The van der Waals surface area contributed by atoms with Crippen LogP contribution in [0, 0.1) is 0 Å². The molecule has 0 radical (unpaired) electrons. The Bertz CT molecular complexity index is 375. The van der Waals surface area contributed by atoms with Gasteiger partial charge >= 0.3 is 0 Å². The van der Waals surface area contributed by atoms with Crippen LogP contribution >= 0.6 is 0 Å². The van der Waals surface area contributed by atoms with Gasteiger partial charge in [0.15, 0.2) is 0 Å². The number of allylic oxidation sites excluding steroid dienone is 1. The van der Waals surface area contributed by atoms with Gasteiger partial charge < -0.3 is 11.1 Å². The predicted octanol–water partition coefficient (Wildman–Crippen LogP) is 2.83. The van der Waals surface area contributed by atoms with E-state index >= 15 is 0 Å². The fourth-order valence-corrected chi connectivity index (χ4v) is 1.79. The van der Waals surface area contributed by atoms with Gasteiger partial charge in [-0.1, -0.05) is 31.0 Å². The van der Waals surface area contributed by atoms with Crippen molar-refractivity contribution in [2.45, 2.75) is 25.7 Å². The van der Waals surface area contributed by atoms with Crippen LogP contribution in [0.5, 0.6) is 0 Å². The van der Waals surface area contributed by atoms with Gasteiger partial charge in [0.25, 0.3) is 0 Å². The Morgan fingerprint density at radius 2 is 1.89 bits per heavy atom. The van der Waals surface area contributed by atoms with Crippen molar-refractivity contribution in [3.05, 3.63) is 35.9 Å². The van der Waals surface area contributed by atoms with Gasteiger partial charge in [-0.2, -0.15) is 0 Å². The third-order valence-electron chi connectivity index (χ3n) is 2.76. The SMILES string of the molecule is NCCCCCCNc1ccccc1/C=C/C=O. The number of benzene rings is 1. The van der Waals surface area contributed by atoms with E-state index in [1.807, 2.05) is 30.3 Å². The maximum atomic E-state index is 10.3. The standard InChI is InChI=1S/C15H22N2O/c16-11-5-1-2-6-12-17-15-10-4-3-8-14(15)9-7-13-18/h3-4,7-10,13,17H,1-2,5-6,11-12,16H2/b9-7+. The van der Waals surface area contributed by atoms with E-state index in [1.165, 1.54) is 18.9 Å². The zero-order valence-electron chi connectivity index (χ0n) is 10.8. The number of hydrogen-bond acceptors (Lipinski definition) is 3. The van der Waals surface area contributed by atoms with E-state index in [0.717, 1.165) is 43.5 Å². The number of carbonyl (C=O) groups excluding carboxylic acids is 1. The third kappa shape index (κ3) is 5.64. The lowest BCUT2D eigenvalue weighted by Gasteiger charge is -2.09. The van der Waals surface area contributed by atoms with Gasteiger partial charge in [0, 0.05) is 12.2 Å². The molecule has 0 aromatic heterocycles. The Labute approximate surface area is 109 Å². The average Bonchev–Trinajstić information content (AvgIpc) is 2.41. The molecule has 0 atom stereocenters. The molecule has 0 aliphatic heterocycles. The molecule has 98 valence electrons. The molecule has 1 aromatic rings. The van der Waals surface area contributed by atoms with Crippen molar-refractivity contribution in [1.82, 2.24) is 0 Å². The molecule has 0 amide bonds. The number of aldehydes is 1. The number of nitrogens with one attached hydrogen (secondary N) is 1. The van der Waals surface area contributed by atoms with Crippen molar-refractivity contribution < 1.29 is 4.79 Å². The summed E-state index contributed by atoms with van der Waals surface area (Å²) in [6.07, 6.45) is 8.79. The summed E-state index contributed by atoms with van der Waals surface area (Å²) >= 11 is 0. The predicted molar refractivity (Wildman–Crippen MR) is 77.6 cm³/mol. The maximum Gasteiger partial charge on any atom is 0.142 e. The molecular formula is C15H22N2O. The molecule has 0 spiro atoms. The van der Waals surface area contributed by atoms with Crippen LogP contribution in [0.25, 0.3) is 6.08 Å². The highest BCUT2D eigenvalue weighted by molar-refractivity contribution is 5.77. The van der Waals surface area contributed by atoms with Gasteiger partial charge in [-0.3, -0.25) is 4.79 Å². The number of unbranched alkanes of at least 4 members (excludes halogenated alkanes) is 3. The molecule has 18 heavy (non-hydrogen) atoms. The van der Waals surface area contributed by atoms with Crippen molar-refractivity contribution in [3.63, 3.8) is 0 Å². The maximum absolute atomic E-state index is 10.3. The Hall–Kier alpha value is -1.61. The van der Waals surface area contributed by atoms with E-state index in [1.54, 1.807) is 0 Å². The first-order chi connectivity index (χ1) is 8.88. The van der Waals surface area contributed by atoms with Crippen molar-refractivity contribution in [3.8, 4) is 0 Å². The van der Waals surface area contributed by atoms with E-state index in [9.17, 15) is 4.79 Å². The zero-order chi connectivity index (χ0) is 13.1. The van der Waals surface area contributed by atoms with Crippen molar-refractivity contribution in [2.75, 3.05) is 18.4 Å².